The van der Waals surface area contributed by atoms with E-state index in [0.29, 0.717) is 0 Å². The number of rotatable bonds is 3. The van der Waals surface area contributed by atoms with E-state index in [2.05, 4.69) is 4.85 Å². The van der Waals surface area contributed by atoms with Gasteiger partial charge in [0.25, 0.3) is 0 Å². The second-order valence-corrected chi connectivity index (χ2v) is 5.81. The standard InChI is InChI=1S/C15H7Cl4NO3/c1-20-7-5-10(18)13(11(19)6-7)23-15(21)12-8(16)3-4-9(17)14(12)22-2/h3-6H,2H3. The van der Waals surface area contributed by atoms with Gasteiger partial charge in [0.1, 0.15) is 5.56 Å². The Morgan fingerprint density at radius 1 is 1.00 bits per heavy atom. The number of halogens is 4. The summed E-state index contributed by atoms with van der Waals surface area (Å²) in [5.41, 5.74) is 0.168. The molecule has 0 unspecified atom stereocenters. The largest absolute Gasteiger partial charge is 0.494 e. The van der Waals surface area contributed by atoms with Crippen molar-refractivity contribution >= 4 is 58.1 Å². The molecule has 0 fully saturated rings. The number of benzene rings is 2. The van der Waals surface area contributed by atoms with Gasteiger partial charge in [-0.2, -0.15) is 0 Å². The van der Waals surface area contributed by atoms with Crippen LogP contribution in [0.15, 0.2) is 24.3 Å². The molecule has 0 bridgehead atoms. The van der Waals surface area contributed by atoms with Crippen LogP contribution in [0.25, 0.3) is 4.85 Å². The number of carbonyl (C=O) groups is 1. The van der Waals surface area contributed by atoms with Gasteiger partial charge in [-0.05, 0) is 24.3 Å². The van der Waals surface area contributed by atoms with E-state index in [1.165, 1.54) is 31.4 Å². The number of ether oxygens (including phenoxy) is 2. The van der Waals surface area contributed by atoms with E-state index < -0.39 is 5.97 Å². The summed E-state index contributed by atoms with van der Waals surface area (Å²) in [6.07, 6.45) is 0. The van der Waals surface area contributed by atoms with E-state index in [1.54, 1.807) is 0 Å². The Kier molecular flexibility index (Phi) is 5.61. The van der Waals surface area contributed by atoms with Crippen molar-refractivity contribution in [2.24, 2.45) is 0 Å². The van der Waals surface area contributed by atoms with Crippen LogP contribution in [0.3, 0.4) is 0 Å². The minimum atomic E-state index is -0.839. The van der Waals surface area contributed by atoms with Crippen molar-refractivity contribution in [2.75, 3.05) is 7.11 Å². The predicted octanol–water partition coefficient (Wildman–Crippen LogP) is 6.08. The van der Waals surface area contributed by atoms with Crippen LogP contribution in [0.5, 0.6) is 11.5 Å². The van der Waals surface area contributed by atoms with Crippen molar-refractivity contribution in [3.8, 4) is 11.5 Å². The van der Waals surface area contributed by atoms with Crippen LogP contribution in [-0.4, -0.2) is 13.1 Å². The molecule has 0 N–H and O–H groups in total. The fourth-order valence-electron chi connectivity index (χ4n) is 1.78. The highest BCUT2D eigenvalue weighted by atomic mass is 35.5. The summed E-state index contributed by atoms with van der Waals surface area (Å²) in [7, 11) is 1.35. The molecule has 0 saturated carbocycles. The van der Waals surface area contributed by atoms with Crippen molar-refractivity contribution in [1.29, 1.82) is 0 Å². The Hall–Kier alpha value is -1.64. The summed E-state index contributed by atoms with van der Waals surface area (Å²) in [6.45, 7) is 6.94. The number of hydrogen-bond donors (Lipinski definition) is 0. The first-order valence-corrected chi connectivity index (χ1v) is 7.51. The first kappa shape index (κ1) is 17.7. The van der Waals surface area contributed by atoms with E-state index in [0.717, 1.165) is 0 Å². The molecule has 0 radical (unpaired) electrons. The average Bonchev–Trinajstić information content (AvgIpc) is 2.52. The quantitative estimate of drug-likeness (QED) is 0.362. The van der Waals surface area contributed by atoms with Crippen molar-refractivity contribution < 1.29 is 14.3 Å². The van der Waals surface area contributed by atoms with Gasteiger partial charge in [-0.15, -0.1) is 0 Å². The lowest BCUT2D eigenvalue weighted by Gasteiger charge is -2.13. The maximum absolute atomic E-state index is 12.4. The molecule has 0 aliphatic rings. The lowest BCUT2D eigenvalue weighted by atomic mass is 10.2. The summed E-state index contributed by atoms with van der Waals surface area (Å²) < 4.78 is 10.3. The van der Waals surface area contributed by atoms with Crippen molar-refractivity contribution in [1.82, 2.24) is 0 Å². The molecule has 0 amide bonds. The lowest BCUT2D eigenvalue weighted by Crippen LogP contribution is -2.12. The second kappa shape index (κ2) is 7.29. The van der Waals surface area contributed by atoms with Gasteiger partial charge in [-0.3, -0.25) is 0 Å². The molecule has 2 aromatic carbocycles. The average molecular weight is 391 g/mol. The topological polar surface area (TPSA) is 39.9 Å². The van der Waals surface area contributed by atoms with Crippen LogP contribution in [0.4, 0.5) is 5.69 Å². The zero-order valence-electron chi connectivity index (χ0n) is 11.5. The van der Waals surface area contributed by atoms with Gasteiger partial charge in [0.2, 0.25) is 0 Å². The fraction of sp³-hybridized carbons (Fsp3) is 0.0667. The normalized spacial score (nSPS) is 10.1. The monoisotopic (exact) mass is 389 g/mol. The van der Waals surface area contributed by atoms with Crippen LogP contribution < -0.4 is 9.47 Å². The third-order valence-electron chi connectivity index (χ3n) is 2.77. The Morgan fingerprint density at radius 2 is 1.57 bits per heavy atom. The maximum Gasteiger partial charge on any atom is 0.349 e. The molecule has 0 aromatic heterocycles. The molecule has 0 spiro atoms. The Bertz CT molecular complexity index is 807. The molecule has 118 valence electrons. The molecule has 2 rings (SSSR count). The molecule has 0 heterocycles. The summed E-state index contributed by atoms with van der Waals surface area (Å²) in [5.74, 6) is -0.841. The minimum Gasteiger partial charge on any atom is -0.494 e. The third-order valence-corrected chi connectivity index (χ3v) is 3.95. The number of nitrogens with zero attached hydrogens (tertiary/aromatic N) is 1. The van der Waals surface area contributed by atoms with Crippen LogP contribution >= 0.6 is 46.4 Å². The number of hydrogen-bond acceptors (Lipinski definition) is 3. The molecule has 0 aliphatic carbocycles. The maximum atomic E-state index is 12.4. The molecule has 0 atom stereocenters. The molecular weight excluding hydrogens is 384 g/mol. The van der Waals surface area contributed by atoms with E-state index >= 15 is 0 Å². The SMILES string of the molecule is [C-]#[N+]c1cc(Cl)c(OC(=O)c2c(Cl)ccc(Cl)c2OC)c(Cl)c1. The number of methoxy groups -OCH3 is 1. The zero-order chi connectivity index (χ0) is 17.1. The van der Waals surface area contributed by atoms with E-state index in [4.69, 9.17) is 62.4 Å². The Morgan fingerprint density at radius 3 is 2.09 bits per heavy atom. The zero-order valence-corrected chi connectivity index (χ0v) is 14.5. The van der Waals surface area contributed by atoms with Crippen molar-refractivity contribution in [2.45, 2.75) is 0 Å². The Balaban J connectivity index is 2.46. The molecule has 0 aliphatic heterocycles. The summed E-state index contributed by atoms with van der Waals surface area (Å²) in [4.78, 5) is 15.6. The fourth-order valence-corrected chi connectivity index (χ4v) is 2.79. The molecular formula is C15H7Cl4NO3. The van der Waals surface area contributed by atoms with Crippen LogP contribution in [0.1, 0.15) is 10.4 Å². The highest BCUT2D eigenvalue weighted by Gasteiger charge is 2.23. The highest BCUT2D eigenvalue weighted by molar-refractivity contribution is 6.39. The van der Waals surface area contributed by atoms with Gasteiger partial charge in [-0.1, -0.05) is 46.4 Å². The van der Waals surface area contributed by atoms with E-state index in [9.17, 15) is 4.79 Å². The van der Waals surface area contributed by atoms with Crippen molar-refractivity contribution in [3.05, 3.63) is 61.3 Å². The first-order chi connectivity index (χ1) is 10.9. The smallest absolute Gasteiger partial charge is 0.349 e. The molecule has 23 heavy (non-hydrogen) atoms. The predicted molar refractivity (Wildman–Crippen MR) is 90.7 cm³/mol. The van der Waals surface area contributed by atoms with Gasteiger partial charge >= 0.3 is 5.97 Å². The third kappa shape index (κ3) is 3.65. The minimum absolute atomic E-state index is 0.0222. The van der Waals surface area contributed by atoms with Gasteiger partial charge in [-0.25, -0.2) is 9.64 Å². The van der Waals surface area contributed by atoms with Crippen LogP contribution in [0, 0.1) is 6.57 Å². The summed E-state index contributed by atoms with van der Waals surface area (Å²) in [5, 5.41) is 0.341. The lowest BCUT2D eigenvalue weighted by molar-refractivity contribution is 0.0731. The van der Waals surface area contributed by atoms with Gasteiger partial charge in [0, 0.05) is 0 Å². The van der Waals surface area contributed by atoms with Crippen LogP contribution in [-0.2, 0) is 0 Å². The highest BCUT2D eigenvalue weighted by Crippen LogP contribution is 2.39. The van der Waals surface area contributed by atoms with Gasteiger partial charge < -0.3 is 9.47 Å². The van der Waals surface area contributed by atoms with Crippen molar-refractivity contribution in [3.63, 3.8) is 0 Å². The van der Waals surface area contributed by atoms with Crippen LogP contribution in [0.2, 0.25) is 20.1 Å². The summed E-state index contributed by atoms with van der Waals surface area (Å²) >= 11 is 24.0. The molecule has 8 heteroatoms. The van der Waals surface area contributed by atoms with Gasteiger partial charge in [0.15, 0.2) is 17.2 Å². The number of carbonyl (C=O) groups excluding carboxylic acids is 1. The number of esters is 1. The van der Waals surface area contributed by atoms with E-state index in [1.807, 2.05) is 0 Å². The van der Waals surface area contributed by atoms with Gasteiger partial charge in [0.05, 0.1) is 33.8 Å². The Labute approximate surface area is 152 Å². The second-order valence-electron chi connectivity index (χ2n) is 4.18. The molecule has 4 nitrogen and oxygen atoms in total. The van der Waals surface area contributed by atoms with E-state index in [-0.39, 0.29) is 42.8 Å². The molecule has 2 aromatic rings. The first-order valence-electron chi connectivity index (χ1n) is 5.99. The summed E-state index contributed by atoms with van der Waals surface area (Å²) in [6, 6.07) is 5.60. The molecule has 0 saturated heterocycles.